The Hall–Kier alpha value is -2.27. The molecule has 3 aliphatic rings. The van der Waals surface area contributed by atoms with E-state index in [2.05, 4.69) is 65.7 Å². The Kier molecular flexibility index (Phi) is 4.90. The molecule has 1 atom stereocenters. The fraction of sp³-hybridized carbons (Fsp3) is 0.409. The molecule has 3 aliphatic carbocycles. The predicted molar refractivity (Wildman–Crippen MR) is 99.8 cm³/mol. The zero-order valence-corrected chi connectivity index (χ0v) is 14.7. The molecule has 0 aromatic heterocycles. The number of nitrogens with zero attached hydrogens (tertiary/aromatic N) is 2. The molecule has 0 aromatic rings. The second-order valence-electron chi connectivity index (χ2n) is 7.18. The maximum absolute atomic E-state index is 9.37. The molecule has 0 aliphatic heterocycles. The predicted octanol–water partition coefficient (Wildman–Crippen LogP) is 5.56. The fourth-order valence-corrected chi connectivity index (χ4v) is 3.53. The molecule has 0 heterocycles. The number of hydrogen-bond donors (Lipinski definition) is 0. The summed E-state index contributed by atoms with van der Waals surface area (Å²) in [6.45, 7) is 4.02. The molecule has 0 bridgehead atoms. The third-order valence-electron chi connectivity index (χ3n) is 5.06. The third kappa shape index (κ3) is 3.46. The first kappa shape index (κ1) is 16.6. The molecule has 124 valence electrons. The summed E-state index contributed by atoms with van der Waals surface area (Å²) in [5.41, 5.74) is 3.54. The highest BCUT2D eigenvalue weighted by Crippen LogP contribution is 2.36. The second kappa shape index (κ2) is 7.09. The summed E-state index contributed by atoms with van der Waals surface area (Å²) in [4.78, 5) is 2.49. The van der Waals surface area contributed by atoms with Crippen molar-refractivity contribution in [2.75, 3.05) is 0 Å². The van der Waals surface area contributed by atoms with E-state index in [0.717, 1.165) is 32.1 Å². The maximum Gasteiger partial charge on any atom is 0.0729 e. The quantitative estimate of drug-likeness (QED) is 0.678. The van der Waals surface area contributed by atoms with E-state index in [-0.39, 0.29) is 5.41 Å². The van der Waals surface area contributed by atoms with Crippen molar-refractivity contribution in [2.45, 2.75) is 52.0 Å². The first-order chi connectivity index (χ1) is 11.6. The highest BCUT2D eigenvalue weighted by Gasteiger charge is 2.27. The van der Waals surface area contributed by atoms with Gasteiger partial charge in [-0.3, -0.25) is 0 Å². The van der Waals surface area contributed by atoms with Crippen molar-refractivity contribution in [1.82, 2.24) is 4.90 Å². The molecule has 1 unspecified atom stereocenters. The first-order valence-corrected chi connectivity index (χ1v) is 8.92. The van der Waals surface area contributed by atoms with Gasteiger partial charge >= 0.3 is 0 Å². The Morgan fingerprint density at radius 1 is 1.12 bits per heavy atom. The lowest BCUT2D eigenvalue weighted by molar-refractivity contribution is 0.352. The summed E-state index contributed by atoms with van der Waals surface area (Å²) in [5, 5.41) is 9.37. The van der Waals surface area contributed by atoms with Gasteiger partial charge in [0.15, 0.2) is 0 Å². The molecule has 0 amide bonds. The molecule has 24 heavy (non-hydrogen) atoms. The Labute approximate surface area is 145 Å². The van der Waals surface area contributed by atoms with Gasteiger partial charge in [-0.2, -0.15) is 5.26 Å². The van der Waals surface area contributed by atoms with Crippen LogP contribution in [0.25, 0.3) is 0 Å². The standard InChI is InChI=1S/C22H26N2/c1-22(2,17-23)18-13-15-21(16-14-18)24(19-9-5-3-6-10-19)20-11-7-4-8-12-20/h3,5-7,9,11-13,15,19H,4,8,10,14,16H2,1-2H3. The summed E-state index contributed by atoms with van der Waals surface area (Å²) in [5.74, 6) is 0. The van der Waals surface area contributed by atoms with Crippen molar-refractivity contribution in [3.63, 3.8) is 0 Å². The van der Waals surface area contributed by atoms with Gasteiger partial charge in [0.1, 0.15) is 0 Å². The van der Waals surface area contributed by atoms with Crippen LogP contribution in [0.1, 0.15) is 46.0 Å². The van der Waals surface area contributed by atoms with Crippen molar-refractivity contribution in [1.29, 1.82) is 5.26 Å². The number of allylic oxidation sites excluding steroid dienone is 9. The van der Waals surface area contributed by atoms with Crippen molar-refractivity contribution in [2.24, 2.45) is 5.41 Å². The van der Waals surface area contributed by atoms with E-state index in [0.29, 0.717) is 6.04 Å². The lowest BCUT2D eigenvalue weighted by Gasteiger charge is -2.37. The Bertz CT molecular complexity index is 705. The minimum Gasteiger partial charge on any atom is -0.338 e. The average molecular weight is 318 g/mol. The van der Waals surface area contributed by atoms with Crippen LogP contribution in [0.4, 0.5) is 0 Å². The number of nitriles is 1. The van der Waals surface area contributed by atoms with Crippen molar-refractivity contribution in [3.8, 4) is 6.07 Å². The van der Waals surface area contributed by atoms with Gasteiger partial charge < -0.3 is 4.90 Å². The summed E-state index contributed by atoms with van der Waals surface area (Å²) in [7, 11) is 0. The second-order valence-corrected chi connectivity index (χ2v) is 7.18. The van der Waals surface area contributed by atoms with Gasteiger partial charge in [0.05, 0.1) is 17.5 Å². The lowest BCUT2D eigenvalue weighted by atomic mass is 9.80. The van der Waals surface area contributed by atoms with E-state index in [1.165, 1.54) is 17.0 Å². The van der Waals surface area contributed by atoms with E-state index in [1.54, 1.807) is 0 Å². The average Bonchev–Trinajstić information content (AvgIpc) is 2.64. The minimum absolute atomic E-state index is 0.371. The molecule has 0 saturated heterocycles. The molecule has 0 radical (unpaired) electrons. The van der Waals surface area contributed by atoms with Crippen LogP contribution >= 0.6 is 0 Å². The highest BCUT2D eigenvalue weighted by atomic mass is 15.2. The van der Waals surface area contributed by atoms with Crippen LogP contribution in [-0.2, 0) is 0 Å². The maximum atomic E-state index is 9.37. The van der Waals surface area contributed by atoms with E-state index in [4.69, 9.17) is 0 Å². The molecule has 0 aromatic carbocycles. The smallest absolute Gasteiger partial charge is 0.0729 e. The van der Waals surface area contributed by atoms with Crippen LogP contribution in [0.2, 0.25) is 0 Å². The fourth-order valence-electron chi connectivity index (χ4n) is 3.53. The van der Waals surface area contributed by atoms with Gasteiger partial charge in [-0.25, -0.2) is 0 Å². The Morgan fingerprint density at radius 3 is 2.58 bits per heavy atom. The van der Waals surface area contributed by atoms with Crippen LogP contribution in [-0.4, -0.2) is 10.9 Å². The van der Waals surface area contributed by atoms with Gasteiger partial charge in [0.25, 0.3) is 0 Å². The summed E-state index contributed by atoms with van der Waals surface area (Å²) in [6, 6.07) is 2.81. The minimum atomic E-state index is -0.371. The van der Waals surface area contributed by atoms with E-state index in [9.17, 15) is 5.26 Å². The van der Waals surface area contributed by atoms with Gasteiger partial charge in [-0.05, 0) is 58.1 Å². The largest absolute Gasteiger partial charge is 0.338 e. The van der Waals surface area contributed by atoms with Crippen LogP contribution in [0.15, 0.2) is 71.7 Å². The van der Waals surface area contributed by atoms with Gasteiger partial charge in [0.2, 0.25) is 0 Å². The van der Waals surface area contributed by atoms with Crippen molar-refractivity contribution >= 4 is 0 Å². The van der Waals surface area contributed by atoms with Gasteiger partial charge in [0, 0.05) is 11.4 Å². The Balaban J connectivity index is 1.91. The van der Waals surface area contributed by atoms with Crippen molar-refractivity contribution < 1.29 is 0 Å². The molecule has 0 fully saturated rings. The number of rotatable bonds is 4. The summed E-state index contributed by atoms with van der Waals surface area (Å²) < 4.78 is 0. The molecule has 0 N–H and O–H groups in total. The molecular formula is C22H26N2. The number of hydrogen-bond acceptors (Lipinski definition) is 2. The normalized spacial score (nSPS) is 23.2. The van der Waals surface area contributed by atoms with Crippen LogP contribution in [0, 0.1) is 16.7 Å². The Morgan fingerprint density at radius 2 is 2.00 bits per heavy atom. The molecule has 0 spiro atoms. The lowest BCUT2D eigenvalue weighted by Crippen LogP contribution is -2.33. The zero-order chi connectivity index (χ0) is 17.0. The van der Waals surface area contributed by atoms with Crippen molar-refractivity contribution in [3.05, 3.63) is 71.7 Å². The van der Waals surface area contributed by atoms with E-state index >= 15 is 0 Å². The SMILES string of the molecule is CC(C)(C#N)C1=CC=C(N(C2=CCCC=C2)C2C=CC=CC2)CC1. The molecule has 3 rings (SSSR count). The molecular weight excluding hydrogens is 292 g/mol. The van der Waals surface area contributed by atoms with Crippen LogP contribution in [0.5, 0.6) is 0 Å². The molecule has 2 nitrogen and oxygen atoms in total. The van der Waals surface area contributed by atoms with Crippen LogP contribution in [0.3, 0.4) is 0 Å². The van der Waals surface area contributed by atoms with Gasteiger partial charge in [-0.1, -0.05) is 48.1 Å². The highest BCUT2D eigenvalue weighted by molar-refractivity contribution is 5.36. The molecule has 2 heteroatoms. The van der Waals surface area contributed by atoms with Crippen LogP contribution < -0.4 is 0 Å². The summed E-state index contributed by atoms with van der Waals surface area (Å²) in [6.07, 6.45) is 25.4. The van der Waals surface area contributed by atoms with E-state index < -0.39 is 0 Å². The first-order valence-electron chi connectivity index (χ1n) is 8.92. The summed E-state index contributed by atoms with van der Waals surface area (Å²) >= 11 is 0. The monoisotopic (exact) mass is 318 g/mol. The van der Waals surface area contributed by atoms with Gasteiger partial charge in [-0.15, -0.1) is 0 Å². The third-order valence-corrected chi connectivity index (χ3v) is 5.06. The van der Waals surface area contributed by atoms with E-state index in [1.807, 2.05) is 13.8 Å². The topological polar surface area (TPSA) is 27.0 Å². The molecule has 0 saturated carbocycles. The zero-order valence-electron chi connectivity index (χ0n) is 14.7.